The second kappa shape index (κ2) is 11.5. The minimum absolute atomic E-state index is 0.0812. The van der Waals surface area contributed by atoms with Crippen molar-refractivity contribution in [3.8, 4) is 17.1 Å². The number of amides is 1. The Bertz CT molecular complexity index is 1850. The molecule has 4 saturated heterocycles. The van der Waals surface area contributed by atoms with E-state index in [-0.39, 0.29) is 52.6 Å². The molecule has 0 unspecified atom stereocenters. The van der Waals surface area contributed by atoms with Crippen molar-refractivity contribution in [1.29, 1.82) is 0 Å². The molecule has 2 bridgehead atoms. The Morgan fingerprint density at radius 3 is 2.72 bits per heavy atom. The Labute approximate surface area is 276 Å². The number of halogens is 3. The number of ether oxygens (including phenoxy) is 2. The number of likely N-dealkylation sites (N-methyl/N-ethyl adjacent to an activating group) is 1. The number of methoxy groups -OCH3 is 1. The first-order chi connectivity index (χ1) is 22.3. The molecule has 4 aliphatic heterocycles. The SMILES string of the molecule is COC(=O)N1CCC[C@@H]1c1cc2c(O[C@@H](C)[C@@H]3CCCN3C)nc3c(F)c(-c4cccc(Cl)c4Cl)ncc3c2n1[C@H]1[C@H]2CN[C@@H]1C2. The van der Waals surface area contributed by atoms with Gasteiger partial charge in [-0.2, -0.15) is 0 Å². The molecule has 1 amide bonds. The van der Waals surface area contributed by atoms with Crippen molar-refractivity contribution in [1.82, 2.24) is 29.7 Å². The van der Waals surface area contributed by atoms with Crippen LogP contribution < -0.4 is 10.1 Å². The molecule has 1 aliphatic carbocycles. The first kappa shape index (κ1) is 30.2. The highest BCUT2D eigenvalue weighted by Crippen LogP contribution is 2.51. The van der Waals surface area contributed by atoms with Gasteiger partial charge in [-0.1, -0.05) is 35.3 Å². The summed E-state index contributed by atoms with van der Waals surface area (Å²) >= 11 is 12.9. The third-order valence-corrected chi connectivity index (χ3v) is 11.6. The number of pyridine rings is 2. The molecule has 12 heteroatoms. The number of nitrogens with zero attached hydrogens (tertiary/aromatic N) is 5. The van der Waals surface area contributed by atoms with Crippen molar-refractivity contribution in [2.45, 2.75) is 69.3 Å². The van der Waals surface area contributed by atoms with Crippen molar-refractivity contribution >= 4 is 51.1 Å². The van der Waals surface area contributed by atoms with Crippen LogP contribution in [0.15, 0.2) is 30.5 Å². The van der Waals surface area contributed by atoms with Gasteiger partial charge in [0.25, 0.3) is 0 Å². The maximum Gasteiger partial charge on any atom is 0.410 e. The molecule has 46 heavy (non-hydrogen) atoms. The van der Waals surface area contributed by atoms with E-state index < -0.39 is 5.82 Å². The van der Waals surface area contributed by atoms with Gasteiger partial charge in [-0.15, -0.1) is 0 Å². The van der Waals surface area contributed by atoms with Gasteiger partial charge in [-0.05, 0) is 70.7 Å². The Morgan fingerprint density at radius 1 is 1.17 bits per heavy atom. The summed E-state index contributed by atoms with van der Waals surface area (Å²) in [7, 11) is 3.54. The monoisotopic (exact) mass is 666 g/mol. The second-order valence-electron chi connectivity index (χ2n) is 13.2. The van der Waals surface area contributed by atoms with Crippen LogP contribution in [0, 0.1) is 11.7 Å². The van der Waals surface area contributed by atoms with Crippen LogP contribution in [0.3, 0.4) is 0 Å². The van der Waals surface area contributed by atoms with Crippen molar-refractivity contribution in [2.24, 2.45) is 5.92 Å². The number of nitrogens with one attached hydrogen (secondary N) is 1. The van der Waals surface area contributed by atoms with Gasteiger partial charge >= 0.3 is 6.09 Å². The quantitative estimate of drug-likeness (QED) is 0.237. The van der Waals surface area contributed by atoms with Gasteiger partial charge in [0.05, 0.1) is 40.1 Å². The van der Waals surface area contributed by atoms with E-state index in [0.717, 1.165) is 61.8 Å². The Hall–Kier alpha value is -3.18. The average molecular weight is 668 g/mol. The number of benzene rings is 1. The molecule has 1 saturated carbocycles. The summed E-state index contributed by atoms with van der Waals surface area (Å²) in [5.74, 6) is 0.222. The zero-order valence-corrected chi connectivity index (χ0v) is 27.6. The summed E-state index contributed by atoms with van der Waals surface area (Å²) in [4.78, 5) is 26.6. The summed E-state index contributed by atoms with van der Waals surface area (Å²) in [6, 6.07) is 7.67. The van der Waals surface area contributed by atoms with Crippen molar-refractivity contribution in [3.63, 3.8) is 0 Å². The van der Waals surface area contributed by atoms with Gasteiger partial charge in [0.2, 0.25) is 5.88 Å². The van der Waals surface area contributed by atoms with E-state index in [1.165, 1.54) is 7.11 Å². The van der Waals surface area contributed by atoms with Gasteiger partial charge in [-0.3, -0.25) is 14.8 Å². The number of likely N-dealkylation sites (tertiary alicyclic amines) is 2. The van der Waals surface area contributed by atoms with Crippen LogP contribution in [0.2, 0.25) is 10.0 Å². The van der Waals surface area contributed by atoms with Crippen LogP contribution in [-0.2, 0) is 4.74 Å². The molecule has 6 atom stereocenters. The molecule has 4 aromatic rings. The molecule has 9 rings (SSSR count). The van der Waals surface area contributed by atoms with Crippen molar-refractivity contribution in [3.05, 3.63) is 52.0 Å². The second-order valence-corrected chi connectivity index (χ2v) is 14.0. The first-order valence-corrected chi connectivity index (χ1v) is 16.9. The molecule has 0 spiro atoms. The lowest BCUT2D eigenvalue weighted by atomic mass is 9.79. The van der Waals surface area contributed by atoms with Crippen LogP contribution in [0.5, 0.6) is 5.88 Å². The standard InChI is InChI=1S/C34H37Cl2FN6O3/c1-17(24-9-5-11-41(24)2)46-33-20-14-26(25-10-6-12-42(25)34(44)45-3)43(31-18-13-23(31)38-15-18)32(20)21-16-39-29(28(37)30(21)40-33)19-7-4-8-22(35)27(19)36/h4,7-8,14,16-18,23-25,31,38H,5-6,9-13,15H2,1-3H3/t17-,18+,23+,24-,25+,31-/m0/s1. The highest BCUT2D eigenvalue weighted by molar-refractivity contribution is 6.43. The zero-order valence-electron chi connectivity index (χ0n) is 26.1. The van der Waals surface area contributed by atoms with Gasteiger partial charge in [0.1, 0.15) is 17.3 Å². The Balaban J connectivity index is 1.39. The highest BCUT2D eigenvalue weighted by atomic mass is 35.5. The molecule has 1 N–H and O–H groups in total. The average Bonchev–Trinajstić information content (AvgIpc) is 3.88. The van der Waals surface area contributed by atoms with E-state index in [1.54, 1.807) is 24.4 Å². The van der Waals surface area contributed by atoms with Crippen LogP contribution in [0.4, 0.5) is 9.18 Å². The van der Waals surface area contributed by atoms with Crippen LogP contribution >= 0.6 is 23.2 Å². The minimum Gasteiger partial charge on any atom is -0.472 e. The van der Waals surface area contributed by atoms with Crippen molar-refractivity contribution < 1.29 is 18.7 Å². The lowest BCUT2D eigenvalue weighted by Gasteiger charge is -2.39. The third kappa shape index (κ3) is 4.58. The van der Waals surface area contributed by atoms with Gasteiger partial charge in [0.15, 0.2) is 5.82 Å². The lowest BCUT2D eigenvalue weighted by Crippen LogP contribution is -2.41. The summed E-state index contributed by atoms with van der Waals surface area (Å²) in [5, 5.41) is 5.60. The molecule has 5 fully saturated rings. The molecular weight excluding hydrogens is 630 g/mol. The fraction of sp³-hybridized carbons (Fsp3) is 0.500. The first-order valence-electron chi connectivity index (χ1n) is 16.2. The van der Waals surface area contributed by atoms with E-state index in [1.807, 2.05) is 4.90 Å². The zero-order chi connectivity index (χ0) is 31.9. The smallest absolute Gasteiger partial charge is 0.410 e. The van der Waals surface area contributed by atoms with E-state index in [2.05, 4.69) is 39.8 Å². The summed E-state index contributed by atoms with van der Waals surface area (Å²) in [6.07, 6.45) is 6.03. The van der Waals surface area contributed by atoms with E-state index >= 15 is 4.39 Å². The van der Waals surface area contributed by atoms with Crippen LogP contribution in [0.1, 0.15) is 56.8 Å². The molecule has 0 radical (unpaired) electrons. The van der Waals surface area contributed by atoms with E-state index in [0.29, 0.717) is 34.3 Å². The fourth-order valence-electron chi connectivity index (χ4n) is 8.48. The number of aromatic nitrogens is 3. The topological polar surface area (TPSA) is 84.8 Å². The molecule has 5 aliphatic rings. The molecule has 1 aromatic carbocycles. The van der Waals surface area contributed by atoms with Crippen LogP contribution in [-0.4, -0.2) is 82.4 Å². The van der Waals surface area contributed by atoms with Crippen LogP contribution in [0.25, 0.3) is 33.1 Å². The third-order valence-electron chi connectivity index (χ3n) is 10.8. The largest absolute Gasteiger partial charge is 0.472 e. The maximum absolute atomic E-state index is 16.8. The predicted octanol–water partition coefficient (Wildman–Crippen LogP) is 7.00. The molecule has 9 nitrogen and oxygen atoms in total. The number of hydrogen-bond donors (Lipinski definition) is 1. The van der Waals surface area contributed by atoms with Gasteiger partial charge in [-0.25, -0.2) is 14.2 Å². The fourth-order valence-corrected chi connectivity index (χ4v) is 8.87. The van der Waals surface area contributed by atoms with E-state index in [9.17, 15) is 4.79 Å². The normalized spacial score (nSPS) is 26.7. The Kier molecular flexibility index (Phi) is 7.55. The molecular formula is C34H37Cl2FN6O3. The van der Waals surface area contributed by atoms with E-state index in [4.69, 9.17) is 37.7 Å². The number of carbonyl (C=O) groups excluding carboxylic acids is 1. The van der Waals surface area contributed by atoms with Crippen molar-refractivity contribution in [2.75, 3.05) is 33.8 Å². The number of hydrogen-bond acceptors (Lipinski definition) is 7. The minimum atomic E-state index is -0.583. The summed E-state index contributed by atoms with van der Waals surface area (Å²) < 4.78 is 31.1. The number of carbonyl (C=O) groups is 1. The maximum atomic E-state index is 16.8. The summed E-state index contributed by atoms with van der Waals surface area (Å²) in [6.45, 7) is 4.60. The predicted molar refractivity (Wildman–Crippen MR) is 176 cm³/mol. The molecule has 3 aromatic heterocycles. The molecule has 242 valence electrons. The highest BCUT2D eigenvalue weighted by Gasteiger charge is 2.50. The molecule has 7 heterocycles. The summed E-state index contributed by atoms with van der Waals surface area (Å²) in [5.41, 5.74) is 2.47. The van der Waals surface area contributed by atoms with Gasteiger partial charge < -0.3 is 19.4 Å². The number of rotatable bonds is 6. The lowest BCUT2D eigenvalue weighted by molar-refractivity contribution is 0.116. The Morgan fingerprint density at radius 2 is 2.00 bits per heavy atom. The van der Waals surface area contributed by atoms with Gasteiger partial charge in [0, 0.05) is 48.0 Å². The number of fused-ring (bicyclic) bond motifs is 4.